The van der Waals surface area contributed by atoms with Crippen LogP contribution < -0.4 is 10.2 Å². The maximum Gasteiger partial charge on any atom is 0.229 e. The Kier molecular flexibility index (Phi) is 5.02. The molecule has 0 aliphatic carbocycles. The van der Waals surface area contributed by atoms with Gasteiger partial charge in [0.05, 0.1) is 21.7 Å². The lowest BCUT2D eigenvalue weighted by atomic mass is 10.1. The molecule has 2 aromatic rings. The number of amides is 2. The number of carbonyl (C=O) groups excluding carboxylic acids is 2. The Bertz CT molecular complexity index is 851. The first-order valence-corrected chi connectivity index (χ1v) is 8.75. The van der Waals surface area contributed by atoms with Crippen LogP contribution in [0.5, 0.6) is 0 Å². The Balaban J connectivity index is 1.75. The van der Waals surface area contributed by atoms with Gasteiger partial charge in [-0.2, -0.15) is 0 Å². The number of rotatable bonds is 3. The van der Waals surface area contributed by atoms with E-state index in [9.17, 15) is 9.59 Å². The lowest BCUT2D eigenvalue weighted by molar-refractivity contribution is -0.122. The smallest absolute Gasteiger partial charge is 0.229 e. The van der Waals surface area contributed by atoms with Gasteiger partial charge in [0.25, 0.3) is 0 Å². The molecule has 25 heavy (non-hydrogen) atoms. The molecule has 2 aromatic carbocycles. The number of hydrogen-bond acceptors (Lipinski definition) is 2. The Morgan fingerprint density at radius 2 is 1.96 bits per heavy atom. The van der Waals surface area contributed by atoms with E-state index in [1.807, 2.05) is 32.0 Å². The number of nitrogens with one attached hydrogen (secondary N) is 1. The van der Waals surface area contributed by atoms with Gasteiger partial charge in [0.15, 0.2) is 0 Å². The van der Waals surface area contributed by atoms with Gasteiger partial charge >= 0.3 is 0 Å². The van der Waals surface area contributed by atoms with Crippen LogP contribution in [-0.2, 0) is 9.59 Å². The first kappa shape index (κ1) is 17.8. The third-order valence-corrected chi connectivity index (χ3v) is 5.17. The number of anilines is 2. The topological polar surface area (TPSA) is 49.4 Å². The fourth-order valence-electron chi connectivity index (χ4n) is 3.01. The van der Waals surface area contributed by atoms with Crippen molar-refractivity contribution in [3.05, 3.63) is 57.6 Å². The normalized spacial score (nSPS) is 17.0. The van der Waals surface area contributed by atoms with Crippen molar-refractivity contribution < 1.29 is 9.59 Å². The van der Waals surface area contributed by atoms with Gasteiger partial charge in [-0.15, -0.1) is 0 Å². The molecule has 1 unspecified atom stereocenters. The van der Waals surface area contributed by atoms with E-state index in [0.717, 1.165) is 16.8 Å². The monoisotopic (exact) mass is 376 g/mol. The van der Waals surface area contributed by atoms with Gasteiger partial charge in [-0.3, -0.25) is 9.59 Å². The van der Waals surface area contributed by atoms with Crippen molar-refractivity contribution in [3.8, 4) is 0 Å². The lowest BCUT2D eigenvalue weighted by Gasteiger charge is -2.19. The second-order valence-corrected chi connectivity index (χ2v) is 7.07. The van der Waals surface area contributed by atoms with E-state index in [4.69, 9.17) is 23.2 Å². The summed E-state index contributed by atoms with van der Waals surface area (Å²) in [4.78, 5) is 26.5. The zero-order chi connectivity index (χ0) is 18.1. The molecule has 0 radical (unpaired) electrons. The molecule has 0 spiro atoms. The van der Waals surface area contributed by atoms with Gasteiger partial charge in [0, 0.05) is 18.7 Å². The Morgan fingerprint density at radius 3 is 2.68 bits per heavy atom. The highest BCUT2D eigenvalue weighted by Gasteiger charge is 2.36. The minimum absolute atomic E-state index is 0.134. The second-order valence-electron chi connectivity index (χ2n) is 6.29. The number of hydrogen-bond donors (Lipinski definition) is 1. The van der Waals surface area contributed by atoms with Crippen molar-refractivity contribution >= 4 is 46.4 Å². The largest absolute Gasteiger partial charge is 0.326 e. The average Bonchev–Trinajstić information content (AvgIpc) is 2.94. The first-order valence-electron chi connectivity index (χ1n) is 7.99. The third-order valence-electron chi connectivity index (χ3n) is 4.36. The predicted molar refractivity (Wildman–Crippen MR) is 101 cm³/mol. The molecule has 1 saturated heterocycles. The summed E-state index contributed by atoms with van der Waals surface area (Å²) < 4.78 is 0. The fraction of sp³-hybridized carbons (Fsp3) is 0.263. The molecule has 3 rings (SSSR count). The molecule has 0 saturated carbocycles. The molecule has 1 atom stereocenters. The number of carbonyl (C=O) groups is 2. The maximum absolute atomic E-state index is 12.6. The molecule has 4 nitrogen and oxygen atoms in total. The molecule has 1 aliphatic heterocycles. The highest BCUT2D eigenvalue weighted by atomic mass is 35.5. The molecule has 0 aromatic heterocycles. The fourth-order valence-corrected chi connectivity index (χ4v) is 3.40. The molecule has 1 aliphatic rings. The van der Waals surface area contributed by atoms with Gasteiger partial charge in [-0.05, 0) is 37.6 Å². The standard InChI is InChI=1S/C19H18Cl2N2O2/c1-11-6-7-15(12(2)8-11)22-19(25)13-9-17(24)23(10-13)16-5-3-4-14(20)18(16)21/h3-8,13H,9-10H2,1-2H3,(H,22,25). The summed E-state index contributed by atoms with van der Waals surface area (Å²) in [5.41, 5.74) is 3.43. The molecule has 2 amide bonds. The summed E-state index contributed by atoms with van der Waals surface area (Å²) in [6.07, 6.45) is 0.152. The van der Waals surface area contributed by atoms with E-state index in [-0.39, 0.29) is 24.8 Å². The van der Waals surface area contributed by atoms with Crippen molar-refractivity contribution in [2.45, 2.75) is 20.3 Å². The molecule has 1 N–H and O–H groups in total. The Morgan fingerprint density at radius 1 is 1.20 bits per heavy atom. The minimum Gasteiger partial charge on any atom is -0.326 e. The van der Waals surface area contributed by atoms with E-state index in [0.29, 0.717) is 15.7 Å². The Labute approximate surface area is 156 Å². The number of aryl methyl sites for hydroxylation is 2. The molecule has 130 valence electrons. The summed E-state index contributed by atoms with van der Waals surface area (Å²) in [6.45, 7) is 4.23. The summed E-state index contributed by atoms with van der Waals surface area (Å²) in [5, 5.41) is 3.63. The van der Waals surface area contributed by atoms with Crippen LogP contribution in [0.25, 0.3) is 0 Å². The van der Waals surface area contributed by atoms with Crippen molar-refractivity contribution in [1.82, 2.24) is 0 Å². The van der Waals surface area contributed by atoms with Crippen LogP contribution in [0.2, 0.25) is 10.0 Å². The summed E-state index contributed by atoms with van der Waals surface area (Å²) in [5.74, 6) is -0.728. The van der Waals surface area contributed by atoms with Crippen LogP contribution in [0.1, 0.15) is 17.5 Å². The van der Waals surface area contributed by atoms with Crippen LogP contribution in [0, 0.1) is 19.8 Å². The number of benzene rings is 2. The van der Waals surface area contributed by atoms with Gasteiger partial charge in [-0.1, -0.05) is 47.0 Å². The summed E-state index contributed by atoms with van der Waals surface area (Å²) in [6, 6.07) is 11.0. The summed E-state index contributed by atoms with van der Waals surface area (Å²) >= 11 is 12.2. The molecule has 0 bridgehead atoms. The van der Waals surface area contributed by atoms with Crippen LogP contribution in [-0.4, -0.2) is 18.4 Å². The predicted octanol–water partition coefficient (Wildman–Crippen LogP) is 4.60. The SMILES string of the molecule is Cc1ccc(NC(=O)C2CC(=O)N(c3cccc(Cl)c3Cl)C2)c(C)c1. The van der Waals surface area contributed by atoms with Crippen molar-refractivity contribution in [1.29, 1.82) is 0 Å². The molecule has 1 heterocycles. The van der Waals surface area contributed by atoms with Crippen molar-refractivity contribution in [3.63, 3.8) is 0 Å². The number of halogens is 2. The van der Waals surface area contributed by atoms with Crippen LogP contribution in [0.15, 0.2) is 36.4 Å². The van der Waals surface area contributed by atoms with E-state index >= 15 is 0 Å². The van der Waals surface area contributed by atoms with Gasteiger partial charge in [0.1, 0.15) is 0 Å². The zero-order valence-electron chi connectivity index (χ0n) is 14.0. The van der Waals surface area contributed by atoms with E-state index in [1.165, 1.54) is 4.90 Å². The quantitative estimate of drug-likeness (QED) is 0.850. The first-order chi connectivity index (χ1) is 11.9. The molecule has 1 fully saturated rings. The van der Waals surface area contributed by atoms with E-state index in [2.05, 4.69) is 5.32 Å². The van der Waals surface area contributed by atoms with Gasteiger partial charge in [-0.25, -0.2) is 0 Å². The Hall–Kier alpha value is -2.04. The van der Waals surface area contributed by atoms with Crippen LogP contribution in [0.3, 0.4) is 0 Å². The molecule has 6 heteroatoms. The van der Waals surface area contributed by atoms with Crippen molar-refractivity contribution in [2.75, 3.05) is 16.8 Å². The van der Waals surface area contributed by atoms with Crippen LogP contribution >= 0.6 is 23.2 Å². The second kappa shape index (κ2) is 7.06. The van der Waals surface area contributed by atoms with E-state index in [1.54, 1.807) is 18.2 Å². The number of nitrogens with zero attached hydrogens (tertiary/aromatic N) is 1. The minimum atomic E-state index is -0.428. The van der Waals surface area contributed by atoms with Crippen molar-refractivity contribution in [2.24, 2.45) is 5.92 Å². The van der Waals surface area contributed by atoms with Gasteiger partial charge < -0.3 is 10.2 Å². The highest BCUT2D eigenvalue weighted by Crippen LogP contribution is 2.36. The van der Waals surface area contributed by atoms with E-state index < -0.39 is 5.92 Å². The third kappa shape index (κ3) is 3.65. The van der Waals surface area contributed by atoms with Crippen LogP contribution in [0.4, 0.5) is 11.4 Å². The zero-order valence-corrected chi connectivity index (χ0v) is 15.5. The summed E-state index contributed by atoms with van der Waals surface area (Å²) in [7, 11) is 0. The molecular weight excluding hydrogens is 359 g/mol. The molecular formula is C19H18Cl2N2O2. The average molecular weight is 377 g/mol. The lowest BCUT2D eigenvalue weighted by Crippen LogP contribution is -2.28. The maximum atomic E-state index is 12.6. The highest BCUT2D eigenvalue weighted by molar-refractivity contribution is 6.44. The van der Waals surface area contributed by atoms with Gasteiger partial charge in [0.2, 0.25) is 11.8 Å².